The van der Waals surface area contributed by atoms with Gasteiger partial charge in [-0.2, -0.15) is 0 Å². The van der Waals surface area contributed by atoms with E-state index in [1.807, 2.05) is 6.07 Å². The van der Waals surface area contributed by atoms with E-state index in [2.05, 4.69) is 41.4 Å². The summed E-state index contributed by atoms with van der Waals surface area (Å²) in [6, 6.07) is 2.60. The van der Waals surface area contributed by atoms with Crippen LogP contribution in [0, 0.1) is 5.92 Å². The van der Waals surface area contributed by atoms with Crippen LogP contribution in [0.1, 0.15) is 52.3 Å². The van der Waals surface area contributed by atoms with Crippen LogP contribution in [-0.4, -0.2) is 22.6 Å². The molecule has 4 heteroatoms. The summed E-state index contributed by atoms with van der Waals surface area (Å²) in [7, 11) is 0. The van der Waals surface area contributed by atoms with Crippen molar-refractivity contribution >= 4 is 11.6 Å². The van der Waals surface area contributed by atoms with Crippen molar-refractivity contribution in [3.8, 4) is 0 Å². The van der Waals surface area contributed by atoms with Gasteiger partial charge in [0, 0.05) is 25.1 Å². The number of hydrogen-bond acceptors (Lipinski definition) is 4. The van der Waals surface area contributed by atoms with Crippen LogP contribution < -0.4 is 10.6 Å². The third kappa shape index (κ3) is 3.82. The van der Waals surface area contributed by atoms with E-state index in [-0.39, 0.29) is 0 Å². The molecule has 0 spiro atoms. The number of hydrogen-bond donors (Lipinski definition) is 2. The predicted octanol–water partition coefficient (Wildman–Crippen LogP) is 3.46. The summed E-state index contributed by atoms with van der Waals surface area (Å²) in [6.07, 6.45) is 5.92. The molecule has 0 aliphatic heterocycles. The summed E-state index contributed by atoms with van der Waals surface area (Å²) in [5.74, 6) is 3.60. The van der Waals surface area contributed by atoms with E-state index in [4.69, 9.17) is 0 Å². The number of nitrogens with zero attached hydrogens (tertiary/aromatic N) is 2. The van der Waals surface area contributed by atoms with Crippen molar-refractivity contribution in [3.63, 3.8) is 0 Å². The first-order valence-corrected chi connectivity index (χ1v) is 7.61. The molecule has 0 aromatic carbocycles. The Kier molecular flexibility index (Phi) is 5.00. The highest BCUT2D eigenvalue weighted by Gasteiger charge is 2.23. The molecule has 1 saturated carbocycles. The molecule has 2 unspecified atom stereocenters. The topological polar surface area (TPSA) is 49.8 Å². The van der Waals surface area contributed by atoms with Crippen molar-refractivity contribution in [1.82, 2.24) is 9.97 Å². The maximum absolute atomic E-state index is 4.64. The lowest BCUT2D eigenvalue weighted by Gasteiger charge is -2.19. The smallest absolute Gasteiger partial charge is 0.133 e. The second-order valence-electron chi connectivity index (χ2n) is 5.49. The molecule has 1 aliphatic rings. The SMILES string of the molecule is CCCc1nc(NCC)cc(NC2CCCC2C)n1. The normalized spacial score (nSPS) is 22.5. The second kappa shape index (κ2) is 6.73. The van der Waals surface area contributed by atoms with Crippen LogP contribution in [0.3, 0.4) is 0 Å². The molecule has 1 aliphatic carbocycles. The molecule has 0 bridgehead atoms. The Morgan fingerprint density at radius 3 is 2.63 bits per heavy atom. The Morgan fingerprint density at radius 1 is 1.21 bits per heavy atom. The minimum atomic E-state index is 0.568. The van der Waals surface area contributed by atoms with Gasteiger partial charge in [0.25, 0.3) is 0 Å². The standard InChI is InChI=1S/C15H26N4/c1-4-7-13-18-14(16-5-2)10-15(19-13)17-12-9-6-8-11(12)3/h10-12H,4-9H2,1-3H3,(H2,16,17,18,19). The summed E-state index contributed by atoms with van der Waals surface area (Å²) in [6.45, 7) is 7.47. The van der Waals surface area contributed by atoms with Crippen molar-refractivity contribution in [1.29, 1.82) is 0 Å². The zero-order valence-electron chi connectivity index (χ0n) is 12.4. The average Bonchev–Trinajstić information content (AvgIpc) is 2.76. The van der Waals surface area contributed by atoms with Crippen molar-refractivity contribution in [2.24, 2.45) is 5.92 Å². The van der Waals surface area contributed by atoms with E-state index < -0.39 is 0 Å². The van der Waals surface area contributed by atoms with E-state index in [1.54, 1.807) is 0 Å². The lowest BCUT2D eigenvalue weighted by molar-refractivity contribution is 0.554. The molecule has 2 rings (SSSR count). The van der Waals surface area contributed by atoms with Crippen LogP contribution in [0.15, 0.2) is 6.07 Å². The fourth-order valence-electron chi connectivity index (χ4n) is 2.73. The van der Waals surface area contributed by atoms with Gasteiger partial charge in [0.1, 0.15) is 17.5 Å². The van der Waals surface area contributed by atoms with Gasteiger partial charge in [-0.25, -0.2) is 9.97 Å². The van der Waals surface area contributed by atoms with E-state index in [1.165, 1.54) is 19.3 Å². The van der Waals surface area contributed by atoms with Crippen LogP contribution in [0.2, 0.25) is 0 Å². The third-order valence-electron chi connectivity index (χ3n) is 3.80. The molecule has 4 nitrogen and oxygen atoms in total. The molecule has 2 atom stereocenters. The largest absolute Gasteiger partial charge is 0.370 e. The van der Waals surface area contributed by atoms with Gasteiger partial charge in [-0.05, 0) is 32.1 Å². The third-order valence-corrected chi connectivity index (χ3v) is 3.80. The maximum atomic E-state index is 4.64. The van der Waals surface area contributed by atoms with Gasteiger partial charge in [-0.3, -0.25) is 0 Å². The molecule has 106 valence electrons. The first kappa shape index (κ1) is 14.1. The van der Waals surface area contributed by atoms with Crippen LogP contribution in [-0.2, 0) is 6.42 Å². The Hall–Kier alpha value is -1.32. The highest BCUT2D eigenvalue weighted by atomic mass is 15.1. The van der Waals surface area contributed by atoms with E-state index in [0.29, 0.717) is 6.04 Å². The van der Waals surface area contributed by atoms with Gasteiger partial charge in [0.15, 0.2) is 0 Å². The van der Waals surface area contributed by atoms with Crippen molar-refractivity contribution < 1.29 is 0 Å². The van der Waals surface area contributed by atoms with Crippen LogP contribution in [0.5, 0.6) is 0 Å². The number of anilines is 2. The fourth-order valence-corrected chi connectivity index (χ4v) is 2.73. The van der Waals surface area contributed by atoms with Gasteiger partial charge < -0.3 is 10.6 Å². The zero-order chi connectivity index (χ0) is 13.7. The minimum Gasteiger partial charge on any atom is -0.370 e. The quantitative estimate of drug-likeness (QED) is 0.824. The van der Waals surface area contributed by atoms with Crippen molar-refractivity contribution in [3.05, 3.63) is 11.9 Å². The Balaban J connectivity index is 2.13. The highest BCUT2D eigenvalue weighted by Crippen LogP contribution is 2.28. The van der Waals surface area contributed by atoms with Crippen molar-refractivity contribution in [2.75, 3.05) is 17.2 Å². The predicted molar refractivity (Wildman–Crippen MR) is 80.6 cm³/mol. The number of rotatable bonds is 6. The first-order valence-electron chi connectivity index (χ1n) is 7.61. The summed E-state index contributed by atoms with van der Waals surface area (Å²) < 4.78 is 0. The van der Waals surface area contributed by atoms with Gasteiger partial charge >= 0.3 is 0 Å². The van der Waals surface area contributed by atoms with Crippen LogP contribution in [0.4, 0.5) is 11.6 Å². The summed E-state index contributed by atoms with van der Waals surface area (Å²) >= 11 is 0. The molecule has 2 N–H and O–H groups in total. The maximum Gasteiger partial charge on any atom is 0.133 e. The fraction of sp³-hybridized carbons (Fsp3) is 0.733. The van der Waals surface area contributed by atoms with E-state index in [0.717, 1.165) is 42.8 Å². The molecule has 1 fully saturated rings. The second-order valence-corrected chi connectivity index (χ2v) is 5.49. The van der Waals surface area contributed by atoms with Gasteiger partial charge in [0.05, 0.1) is 0 Å². The Bertz CT molecular complexity index is 381. The molecule has 0 amide bonds. The lowest BCUT2D eigenvalue weighted by atomic mass is 10.1. The zero-order valence-corrected chi connectivity index (χ0v) is 12.4. The number of nitrogens with one attached hydrogen (secondary N) is 2. The molecular weight excluding hydrogens is 236 g/mol. The van der Waals surface area contributed by atoms with Crippen molar-refractivity contribution in [2.45, 2.75) is 58.9 Å². The summed E-state index contributed by atoms with van der Waals surface area (Å²) in [5, 5.41) is 6.89. The number of aryl methyl sites for hydroxylation is 1. The van der Waals surface area contributed by atoms with Crippen LogP contribution >= 0.6 is 0 Å². The van der Waals surface area contributed by atoms with Gasteiger partial charge in [-0.15, -0.1) is 0 Å². The average molecular weight is 262 g/mol. The van der Waals surface area contributed by atoms with E-state index in [9.17, 15) is 0 Å². The minimum absolute atomic E-state index is 0.568. The van der Waals surface area contributed by atoms with Crippen LogP contribution in [0.25, 0.3) is 0 Å². The molecule has 0 saturated heterocycles. The summed E-state index contributed by atoms with van der Waals surface area (Å²) in [5.41, 5.74) is 0. The highest BCUT2D eigenvalue weighted by molar-refractivity contribution is 5.48. The molecule has 19 heavy (non-hydrogen) atoms. The molecule has 1 heterocycles. The Labute approximate surface area is 116 Å². The van der Waals surface area contributed by atoms with Gasteiger partial charge in [-0.1, -0.05) is 20.3 Å². The molecule has 1 aromatic heterocycles. The number of aromatic nitrogens is 2. The molecule has 0 radical (unpaired) electrons. The first-order chi connectivity index (χ1) is 9.22. The lowest BCUT2D eigenvalue weighted by Crippen LogP contribution is -2.23. The monoisotopic (exact) mass is 262 g/mol. The molecular formula is C15H26N4. The molecule has 1 aromatic rings. The van der Waals surface area contributed by atoms with Gasteiger partial charge in [0.2, 0.25) is 0 Å². The summed E-state index contributed by atoms with van der Waals surface area (Å²) in [4.78, 5) is 9.19. The Morgan fingerprint density at radius 2 is 2.00 bits per heavy atom. The van der Waals surface area contributed by atoms with E-state index >= 15 is 0 Å².